The van der Waals surface area contributed by atoms with Gasteiger partial charge < -0.3 is 0 Å². The van der Waals surface area contributed by atoms with Gasteiger partial charge in [-0.15, -0.1) is 0 Å². The van der Waals surface area contributed by atoms with Crippen LogP contribution in [0.4, 0.5) is 0 Å². The van der Waals surface area contributed by atoms with E-state index in [1.54, 1.807) is 0 Å². The van der Waals surface area contributed by atoms with E-state index in [0.717, 1.165) is 17.8 Å². The van der Waals surface area contributed by atoms with Crippen molar-refractivity contribution in [1.82, 2.24) is 0 Å². The molecular formula is C32H80. The van der Waals surface area contributed by atoms with Gasteiger partial charge >= 0.3 is 0 Å². The van der Waals surface area contributed by atoms with Gasteiger partial charge in [0, 0.05) is 0 Å². The molecule has 0 fully saturated rings. The Balaban J connectivity index is -0.0000000350. The van der Waals surface area contributed by atoms with Gasteiger partial charge in [-0.3, -0.25) is 0 Å². The van der Waals surface area contributed by atoms with Crippen LogP contribution in [0.3, 0.4) is 0 Å². The van der Waals surface area contributed by atoms with E-state index in [9.17, 15) is 0 Å². The van der Waals surface area contributed by atoms with Crippen LogP contribution in [0.2, 0.25) is 0 Å². The lowest BCUT2D eigenvalue weighted by Gasteiger charge is -2.05. The second-order valence-electron chi connectivity index (χ2n) is 11.4. The van der Waals surface area contributed by atoms with Crippen LogP contribution in [0.1, 0.15) is 190 Å². The predicted molar refractivity (Wildman–Crippen MR) is 164 cm³/mol. The summed E-state index contributed by atoms with van der Waals surface area (Å²) < 4.78 is 0. The lowest BCUT2D eigenvalue weighted by molar-refractivity contribution is 0.469. The molecule has 0 heteroatoms. The highest BCUT2D eigenvalue weighted by Crippen LogP contribution is 2.08. The molecule has 0 heterocycles. The van der Waals surface area contributed by atoms with Crippen molar-refractivity contribution in [2.45, 2.75) is 190 Å². The first-order valence-corrected chi connectivity index (χ1v) is 14.0. The summed E-state index contributed by atoms with van der Waals surface area (Å²) in [5.74, 6) is 2.60. The summed E-state index contributed by atoms with van der Waals surface area (Å²) in [6, 6.07) is 0. The molecule has 0 radical (unpaired) electrons. The third-order valence-corrected chi connectivity index (χ3v) is 2.84. The number of rotatable bonds is 5. The minimum absolute atomic E-state index is 0. The smallest absolute Gasteiger partial charge is 0.0411 e. The molecule has 0 saturated carbocycles. The molecule has 0 aromatic heterocycles. The van der Waals surface area contributed by atoms with E-state index >= 15 is 0 Å². The van der Waals surface area contributed by atoms with Gasteiger partial charge in [0.1, 0.15) is 0 Å². The minimum Gasteiger partial charge on any atom is -0.0776 e. The summed E-state index contributed by atoms with van der Waals surface area (Å²) in [5, 5.41) is 0. The molecular weight excluding hydrogens is 384 g/mol. The Hall–Kier alpha value is 0. The van der Waals surface area contributed by atoms with Crippen LogP contribution < -0.4 is 0 Å². The monoisotopic (exact) mass is 465 g/mol. The van der Waals surface area contributed by atoms with E-state index in [4.69, 9.17) is 0 Å². The van der Waals surface area contributed by atoms with Crippen LogP contribution in [0.15, 0.2) is 0 Å². The van der Waals surface area contributed by atoms with Gasteiger partial charge in [-0.1, -0.05) is 190 Å². The minimum atomic E-state index is 0. The molecule has 0 unspecified atom stereocenters. The third-order valence-electron chi connectivity index (χ3n) is 2.84. The van der Waals surface area contributed by atoms with Gasteiger partial charge in [-0.25, -0.2) is 0 Å². The molecule has 0 aromatic carbocycles. The van der Waals surface area contributed by atoms with Crippen molar-refractivity contribution in [3.8, 4) is 0 Å². The maximum atomic E-state index is 2.22. The molecule has 0 aliphatic heterocycles. The topological polar surface area (TPSA) is 0 Å². The van der Waals surface area contributed by atoms with Gasteiger partial charge in [0.2, 0.25) is 0 Å². The summed E-state index contributed by atoms with van der Waals surface area (Å²) in [5.41, 5.74) is 0.500. The number of hydrogen-bond donors (Lipinski definition) is 0. The molecule has 0 rings (SSSR count). The summed E-state index contributed by atoms with van der Waals surface area (Å²) in [6.45, 7) is 41.6. The molecule has 0 bridgehead atoms. The SMILES string of the molecule is C.CC(C)(C)C.CC(C)C.CCC.CCC(C)C.CCC(C)C.CCCC.CCCCC. The highest BCUT2D eigenvalue weighted by atomic mass is 14.0. The average molecular weight is 465 g/mol. The van der Waals surface area contributed by atoms with E-state index in [2.05, 4.69) is 132 Å². The van der Waals surface area contributed by atoms with Crippen molar-refractivity contribution in [2.75, 3.05) is 0 Å². The van der Waals surface area contributed by atoms with E-state index in [-0.39, 0.29) is 7.43 Å². The first-order valence-electron chi connectivity index (χ1n) is 14.0. The molecule has 0 atom stereocenters. The van der Waals surface area contributed by atoms with Crippen molar-refractivity contribution in [1.29, 1.82) is 0 Å². The summed E-state index contributed by atoms with van der Waals surface area (Å²) in [7, 11) is 0. The van der Waals surface area contributed by atoms with Gasteiger partial charge in [0.05, 0.1) is 0 Å². The summed E-state index contributed by atoms with van der Waals surface area (Å²) >= 11 is 0. The van der Waals surface area contributed by atoms with Crippen LogP contribution in [0.5, 0.6) is 0 Å². The van der Waals surface area contributed by atoms with Crippen LogP contribution in [-0.4, -0.2) is 0 Å². The summed E-state index contributed by atoms with van der Waals surface area (Å²) in [6.07, 6.45) is 10.6. The Labute approximate surface area is 213 Å². The quantitative estimate of drug-likeness (QED) is 0.379. The van der Waals surface area contributed by atoms with Gasteiger partial charge in [-0.2, -0.15) is 0 Å². The standard InChI is InChI=1S/4C5H12.2C4H10.C3H8.CH4/c1-5(2,3)4;2*1-4-5(2)3;1-3-5-4-2;1-4(2)3;1-3-4-2;1-3-2;/h1-4H3;2*5H,4H2,1-3H3;3-5H2,1-2H3;4H,1-3H3;3-4H2,1-2H3;3H2,1-2H3;1H4. The Morgan fingerprint density at radius 3 is 0.594 bits per heavy atom. The van der Waals surface area contributed by atoms with Gasteiger partial charge in [0.25, 0.3) is 0 Å². The van der Waals surface area contributed by atoms with E-state index in [1.165, 1.54) is 51.4 Å². The second-order valence-corrected chi connectivity index (χ2v) is 11.4. The van der Waals surface area contributed by atoms with Crippen LogP contribution in [-0.2, 0) is 0 Å². The zero-order valence-electron chi connectivity index (χ0n) is 26.9. The second kappa shape index (κ2) is 52.7. The van der Waals surface area contributed by atoms with Crippen molar-refractivity contribution >= 4 is 0 Å². The van der Waals surface area contributed by atoms with Gasteiger partial charge in [-0.05, 0) is 23.2 Å². The molecule has 208 valence electrons. The van der Waals surface area contributed by atoms with E-state index in [0.29, 0.717) is 5.41 Å². The van der Waals surface area contributed by atoms with Crippen molar-refractivity contribution in [3.05, 3.63) is 0 Å². The largest absolute Gasteiger partial charge is 0.0776 e. The Morgan fingerprint density at radius 1 is 0.469 bits per heavy atom. The number of hydrogen-bond acceptors (Lipinski definition) is 0. The maximum absolute atomic E-state index is 2.22. The van der Waals surface area contributed by atoms with Crippen LogP contribution in [0.25, 0.3) is 0 Å². The highest BCUT2D eigenvalue weighted by molar-refractivity contribution is 4.47. The molecule has 0 nitrogen and oxygen atoms in total. The molecule has 0 aliphatic rings. The lowest BCUT2D eigenvalue weighted by atomic mass is 10.0. The Kier molecular flexibility index (Phi) is 88.0. The zero-order valence-corrected chi connectivity index (χ0v) is 26.9. The molecule has 0 aromatic rings. The van der Waals surface area contributed by atoms with Crippen molar-refractivity contribution in [3.63, 3.8) is 0 Å². The van der Waals surface area contributed by atoms with Crippen LogP contribution >= 0.6 is 0 Å². The molecule has 32 heavy (non-hydrogen) atoms. The fraction of sp³-hybridized carbons (Fsp3) is 1.00. The average Bonchev–Trinajstić information content (AvgIpc) is 2.62. The highest BCUT2D eigenvalue weighted by Gasteiger charge is 1.95. The molecule has 0 spiro atoms. The number of unbranched alkanes of at least 4 members (excludes halogenated alkanes) is 3. The maximum Gasteiger partial charge on any atom is -0.0411 e. The predicted octanol–water partition coefficient (Wildman–Crippen LogP) is 13.9. The Bertz CT molecular complexity index is 172. The fourth-order valence-corrected chi connectivity index (χ4v) is 0.354. The first kappa shape index (κ1) is 53.4. The molecule has 0 amide bonds. The third kappa shape index (κ3) is 515. The fourth-order valence-electron chi connectivity index (χ4n) is 0.354. The zero-order chi connectivity index (χ0) is 26.9. The van der Waals surface area contributed by atoms with Gasteiger partial charge in [0.15, 0.2) is 0 Å². The van der Waals surface area contributed by atoms with Crippen molar-refractivity contribution < 1.29 is 0 Å². The molecule has 0 N–H and O–H groups in total. The first-order chi connectivity index (χ1) is 14.0. The van der Waals surface area contributed by atoms with E-state index in [1.807, 2.05) is 0 Å². The normalized spacial score (nSPS) is 8.81. The van der Waals surface area contributed by atoms with Crippen LogP contribution in [0, 0.1) is 23.2 Å². The molecule has 0 saturated heterocycles. The summed E-state index contributed by atoms with van der Waals surface area (Å²) in [4.78, 5) is 0. The lowest BCUT2D eigenvalue weighted by Crippen LogP contribution is -1.93. The van der Waals surface area contributed by atoms with Crippen molar-refractivity contribution in [2.24, 2.45) is 23.2 Å². The molecule has 0 aliphatic carbocycles. The Morgan fingerprint density at radius 2 is 0.594 bits per heavy atom. The van der Waals surface area contributed by atoms with E-state index < -0.39 is 0 Å².